The summed E-state index contributed by atoms with van der Waals surface area (Å²) in [5, 5.41) is 9.30. The molecular formula is C12H17ClO2S. The molecule has 0 aliphatic carbocycles. The van der Waals surface area contributed by atoms with E-state index in [4.69, 9.17) is 16.7 Å². The zero-order chi connectivity index (χ0) is 11.8. The molecule has 0 amide bonds. The lowest BCUT2D eigenvalue weighted by Crippen LogP contribution is -2.01. The van der Waals surface area contributed by atoms with Crippen LogP contribution in [0.4, 0.5) is 0 Å². The molecule has 1 aromatic carbocycles. The number of halogens is 1. The van der Waals surface area contributed by atoms with Crippen molar-refractivity contribution in [2.24, 2.45) is 0 Å². The number of hydrogen-bond donors (Lipinski definition) is 1. The van der Waals surface area contributed by atoms with Gasteiger partial charge in [0.25, 0.3) is 0 Å². The zero-order valence-corrected chi connectivity index (χ0v) is 10.8. The third-order valence-electron chi connectivity index (χ3n) is 2.25. The molecule has 0 aliphatic heterocycles. The minimum atomic E-state index is -0.823. The molecule has 0 bridgehead atoms. The first-order valence-corrected chi connectivity index (χ1v) is 7.29. The molecular weight excluding hydrogens is 244 g/mol. The molecule has 0 saturated carbocycles. The number of hydrogen-bond acceptors (Lipinski definition) is 2. The first kappa shape index (κ1) is 13.7. The van der Waals surface area contributed by atoms with Gasteiger partial charge >= 0.3 is 0 Å². The molecule has 4 heteroatoms. The average molecular weight is 261 g/mol. The highest BCUT2D eigenvalue weighted by Gasteiger charge is 2.02. The summed E-state index contributed by atoms with van der Waals surface area (Å²) in [6, 6.07) is 7.49. The molecule has 90 valence electrons. The fourth-order valence-electron chi connectivity index (χ4n) is 1.44. The number of benzene rings is 1. The maximum atomic E-state index is 11.7. The van der Waals surface area contributed by atoms with Crippen molar-refractivity contribution in [2.75, 3.05) is 12.4 Å². The summed E-state index contributed by atoms with van der Waals surface area (Å²) in [5.74, 6) is 1.27. The van der Waals surface area contributed by atoms with E-state index in [1.54, 1.807) is 0 Å². The van der Waals surface area contributed by atoms with Gasteiger partial charge in [-0.05, 0) is 30.5 Å². The lowest BCUT2D eigenvalue weighted by molar-refractivity contribution is 0.284. The number of aliphatic hydroxyl groups is 1. The Morgan fingerprint density at radius 1 is 1.25 bits per heavy atom. The molecule has 16 heavy (non-hydrogen) atoms. The summed E-state index contributed by atoms with van der Waals surface area (Å²) < 4.78 is 11.7. The van der Waals surface area contributed by atoms with Gasteiger partial charge in [0.1, 0.15) is 0 Å². The summed E-state index contributed by atoms with van der Waals surface area (Å²) in [6.07, 6.45) is 2.65. The van der Waals surface area contributed by atoms with E-state index in [9.17, 15) is 4.21 Å². The number of rotatable bonds is 7. The molecule has 0 aliphatic rings. The van der Waals surface area contributed by atoms with Crippen LogP contribution in [0.3, 0.4) is 0 Å². The standard InChI is InChI=1S/C12H17ClO2S/c13-12-6-4-5-11(9-12)10-16(15)8-3-1-2-7-14/h4-6,9,14H,1-3,7-8,10H2. The van der Waals surface area contributed by atoms with Crippen LogP contribution in [0, 0.1) is 0 Å². The summed E-state index contributed by atoms with van der Waals surface area (Å²) >= 11 is 5.85. The first-order chi connectivity index (χ1) is 7.72. The Labute approximate surface area is 104 Å². The van der Waals surface area contributed by atoms with Crippen LogP contribution in [0.1, 0.15) is 24.8 Å². The van der Waals surface area contributed by atoms with Crippen molar-refractivity contribution in [3.05, 3.63) is 34.9 Å². The second-order valence-corrected chi connectivity index (χ2v) is 5.72. The van der Waals surface area contributed by atoms with Crippen LogP contribution in [0.2, 0.25) is 5.02 Å². The molecule has 1 atom stereocenters. The summed E-state index contributed by atoms with van der Waals surface area (Å²) in [5.41, 5.74) is 1.02. The van der Waals surface area contributed by atoms with Crippen molar-refractivity contribution in [1.29, 1.82) is 0 Å². The van der Waals surface area contributed by atoms with Crippen LogP contribution in [0.5, 0.6) is 0 Å². The van der Waals surface area contributed by atoms with Gasteiger partial charge in [-0.2, -0.15) is 0 Å². The highest BCUT2D eigenvalue weighted by molar-refractivity contribution is 7.84. The molecule has 0 aromatic heterocycles. The van der Waals surface area contributed by atoms with E-state index in [2.05, 4.69) is 0 Å². The maximum absolute atomic E-state index is 11.7. The van der Waals surface area contributed by atoms with Gasteiger partial charge in [-0.1, -0.05) is 30.2 Å². The van der Waals surface area contributed by atoms with Crippen molar-refractivity contribution in [3.63, 3.8) is 0 Å². The maximum Gasteiger partial charge on any atom is 0.0486 e. The predicted octanol–water partition coefficient (Wildman–Crippen LogP) is 2.75. The quantitative estimate of drug-likeness (QED) is 0.766. The molecule has 1 rings (SSSR count). The molecule has 0 heterocycles. The molecule has 1 aromatic rings. The van der Waals surface area contributed by atoms with E-state index < -0.39 is 10.8 Å². The molecule has 0 radical (unpaired) electrons. The molecule has 1 N–H and O–H groups in total. The van der Waals surface area contributed by atoms with E-state index in [0.29, 0.717) is 16.5 Å². The van der Waals surface area contributed by atoms with Gasteiger partial charge in [-0.3, -0.25) is 4.21 Å². The molecule has 2 nitrogen and oxygen atoms in total. The van der Waals surface area contributed by atoms with Gasteiger partial charge in [0.2, 0.25) is 0 Å². The van der Waals surface area contributed by atoms with Crippen molar-refractivity contribution in [3.8, 4) is 0 Å². The van der Waals surface area contributed by atoms with Crippen LogP contribution in [-0.2, 0) is 16.6 Å². The normalized spacial score (nSPS) is 12.6. The molecule has 0 fully saturated rings. The fourth-order valence-corrected chi connectivity index (χ4v) is 2.87. The van der Waals surface area contributed by atoms with Crippen LogP contribution < -0.4 is 0 Å². The first-order valence-electron chi connectivity index (χ1n) is 5.42. The Balaban J connectivity index is 2.29. The minimum absolute atomic E-state index is 0.223. The largest absolute Gasteiger partial charge is 0.396 e. The number of unbranched alkanes of at least 4 members (excludes halogenated alkanes) is 2. The van der Waals surface area contributed by atoms with Crippen molar-refractivity contribution in [1.82, 2.24) is 0 Å². The van der Waals surface area contributed by atoms with E-state index in [1.807, 2.05) is 24.3 Å². The van der Waals surface area contributed by atoms with Gasteiger partial charge in [0, 0.05) is 33.9 Å². The fraction of sp³-hybridized carbons (Fsp3) is 0.500. The Bertz CT molecular complexity index is 342. The highest BCUT2D eigenvalue weighted by atomic mass is 35.5. The second-order valence-electron chi connectivity index (χ2n) is 3.70. The monoisotopic (exact) mass is 260 g/mol. The SMILES string of the molecule is O=S(CCCCCO)Cc1cccc(Cl)c1. The van der Waals surface area contributed by atoms with E-state index in [1.165, 1.54) is 0 Å². The van der Waals surface area contributed by atoms with Crippen LogP contribution in [-0.4, -0.2) is 21.7 Å². The van der Waals surface area contributed by atoms with Gasteiger partial charge < -0.3 is 5.11 Å². The Morgan fingerprint density at radius 3 is 2.75 bits per heavy atom. The molecule has 0 spiro atoms. The summed E-state index contributed by atoms with van der Waals surface area (Å²) in [6.45, 7) is 0.223. The van der Waals surface area contributed by atoms with Crippen molar-refractivity contribution >= 4 is 22.4 Å². The second kappa shape index (κ2) is 7.82. The lowest BCUT2D eigenvalue weighted by Gasteiger charge is -2.03. The van der Waals surface area contributed by atoms with E-state index >= 15 is 0 Å². The van der Waals surface area contributed by atoms with Crippen LogP contribution >= 0.6 is 11.6 Å². The molecule has 1 unspecified atom stereocenters. The van der Waals surface area contributed by atoms with Crippen LogP contribution in [0.25, 0.3) is 0 Å². The van der Waals surface area contributed by atoms with Gasteiger partial charge in [0.05, 0.1) is 0 Å². The van der Waals surface area contributed by atoms with Crippen molar-refractivity contribution < 1.29 is 9.32 Å². The smallest absolute Gasteiger partial charge is 0.0486 e. The third kappa shape index (κ3) is 5.64. The minimum Gasteiger partial charge on any atom is -0.396 e. The van der Waals surface area contributed by atoms with E-state index in [0.717, 1.165) is 24.8 Å². The lowest BCUT2D eigenvalue weighted by atomic mass is 10.2. The zero-order valence-electron chi connectivity index (χ0n) is 9.19. The highest BCUT2D eigenvalue weighted by Crippen LogP contribution is 2.12. The van der Waals surface area contributed by atoms with E-state index in [-0.39, 0.29) is 6.61 Å². The topological polar surface area (TPSA) is 37.3 Å². The van der Waals surface area contributed by atoms with Gasteiger partial charge in [-0.25, -0.2) is 0 Å². The Hall–Kier alpha value is -0.380. The average Bonchev–Trinajstić information content (AvgIpc) is 2.24. The summed E-state index contributed by atoms with van der Waals surface area (Å²) in [7, 11) is -0.823. The van der Waals surface area contributed by atoms with Gasteiger partial charge in [-0.15, -0.1) is 0 Å². The third-order valence-corrected chi connectivity index (χ3v) is 3.88. The predicted molar refractivity (Wildman–Crippen MR) is 69.1 cm³/mol. The Kier molecular flexibility index (Phi) is 6.69. The van der Waals surface area contributed by atoms with Gasteiger partial charge in [0.15, 0.2) is 0 Å². The summed E-state index contributed by atoms with van der Waals surface area (Å²) in [4.78, 5) is 0. The van der Waals surface area contributed by atoms with Crippen molar-refractivity contribution in [2.45, 2.75) is 25.0 Å². The number of aliphatic hydroxyl groups excluding tert-OH is 1. The Morgan fingerprint density at radius 2 is 2.06 bits per heavy atom. The van der Waals surface area contributed by atoms with Crippen LogP contribution in [0.15, 0.2) is 24.3 Å². The molecule has 0 saturated heterocycles.